The number of benzene rings is 2. The summed E-state index contributed by atoms with van der Waals surface area (Å²) in [6.07, 6.45) is 1.35. The van der Waals surface area contributed by atoms with Crippen LogP contribution in [0, 0.1) is 11.2 Å². The summed E-state index contributed by atoms with van der Waals surface area (Å²) in [6.45, 7) is 5.46. The summed E-state index contributed by atoms with van der Waals surface area (Å²) >= 11 is 5.90. The molecular formula is C24H25ClFNO5. The van der Waals surface area contributed by atoms with E-state index in [1.165, 1.54) is 25.4 Å². The Labute approximate surface area is 189 Å². The van der Waals surface area contributed by atoms with E-state index in [2.05, 4.69) is 0 Å². The molecule has 6 nitrogen and oxygen atoms in total. The second-order valence-corrected chi connectivity index (χ2v) is 9.13. The molecule has 2 N–H and O–H groups in total. The number of carbonyl (C=O) groups is 1. The normalized spacial score (nSPS) is 12.7. The van der Waals surface area contributed by atoms with Crippen molar-refractivity contribution in [3.05, 3.63) is 74.3 Å². The topological polar surface area (TPSA) is 88.8 Å². The highest BCUT2D eigenvalue weighted by molar-refractivity contribution is 6.30. The third-order valence-corrected chi connectivity index (χ3v) is 5.88. The number of carboxylic acids is 1. The van der Waals surface area contributed by atoms with Crippen molar-refractivity contribution >= 4 is 28.5 Å². The fourth-order valence-electron chi connectivity index (χ4n) is 3.83. The van der Waals surface area contributed by atoms with Crippen LogP contribution in [0.3, 0.4) is 0 Å². The Morgan fingerprint density at radius 3 is 2.50 bits per heavy atom. The van der Waals surface area contributed by atoms with Crippen LogP contribution in [0.5, 0.6) is 5.75 Å². The fourth-order valence-corrected chi connectivity index (χ4v) is 4.02. The SMILES string of the molecule is COc1cc2c(cc1Cc1cccc(Cl)c1F)c(=O)c(C(=O)O)cn2C(CO)C(C)(C)C. The van der Waals surface area contributed by atoms with Gasteiger partial charge in [0.05, 0.1) is 30.3 Å². The van der Waals surface area contributed by atoms with Crippen molar-refractivity contribution < 1.29 is 24.1 Å². The van der Waals surface area contributed by atoms with E-state index in [0.29, 0.717) is 22.4 Å². The van der Waals surface area contributed by atoms with Gasteiger partial charge in [0.25, 0.3) is 0 Å². The molecule has 0 radical (unpaired) electrons. The largest absolute Gasteiger partial charge is 0.496 e. The number of aromatic nitrogens is 1. The molecule has 2 aromatic carbocycles. The molecule has 0 aliphatic heterocycles. The highest BCUT2D eigenvalue weighted by atomic mass is 35.5. The van der Waals surface area contributed by atoms with Crippen molar-refractivity contribution in [3.63, 3.8) is 0 Å². The first-order valence-electron chi connectivity index (χ1n) is 10.0. The average Bonchev–Trinajstić information content (AvgIpc) is 2.72. The summed E-state index contributed by atoms with van der Waals surface area (Å²) in [5.41, 5.74) is -0.282. The van der Waals surface area contributed by atoms with Crippen LogP contribution in [-0.2, 0) is 6.42 Å². The zero-order chi connectivity index (χ0) is 23.8. The van der Waals surface area contributed by atoms with Gasteiger partial charge in [0.2, 0.25) is 5.43 Å². The summed E-state index contributed by atoms with van der Waals surface area (Å²) in [6, 6.07) is 7.28. The van der Waals surface area contributed by atoms with Crippen molar-refractivity contribution in [2.45, 2.75) is 33.2 Å². The standard InChI is InChI=1S/C24H25ClFNO5/c1-24(2,3)20(12-28)27-11-16(23(30)31)22(29)15-9-14(19(32-4)10-18(15)27)8-13-6-5-7-17(25)21(13)26/h5-7,9-11,20,28H,8,12H2,1-4H3,(H,30,31). The molecule has 0 bridgehead atoms. The van der Waals surface area contributed by atoms with E-state index in [4.69, 9.17) is 16.3 Å². The van der Waals surface area contributed by atoms with Gasteiger partial charge in [-0.05, 0) is 28.7 Å². The Bertz CT molecular complexity index is 1250. The van der Waals surface area contributed by atoms with Gasteiger partial charge in [0, 0.05) is 24.1 Å². The highest BCUT2D eigenvalue weighted by Crippen LogP contribution is 2.35. The number of hydrogen-bond acceptors (Lipinski definition) is 4. The summed E-state index contributed by atoms with van der Waals surface area (Å²) in [7, 11) is 1.46. The Hall–Kier alpha value is -2.90. The Morgan fingerprint density at radius 2 is 1.94 bits per heavy atom. The molecule has 0 fully saturated rings. The number of hydrogen-bond donors (Lipinski definition) is 2. The molecule has 0 saturated heterocycles. The summed E-state index contributed by atoms with van der Waals surface area (Å²) in [4.78, 5) is 24.8. The first-order chi connectivity index (χ1) is 15.0. The maximum Gasteiger partial charge on any atom is 0.341 e. The number of methoxy groups -OCH3 is 1. The summed E-state index contributed by atoms with van der Waals surface area (Å²) in [5, 5.41) is 19.8. The molecule has 0 aliphatic rings. The number of aromatic carboxylic acids is 1. The molecule has 170 valence electrons. The fraction of sp³-hybridized carbons (Fsp3) is 0.333. The Kier molecular flexibility index (Phi) is 6.62. The maximum atomic E-state index is 14.5. The summed E-state index contributed by atoms with van der Waals surface area (Å²) < 4.78 is 21.6. The first kappa shape index (κ1) is 23.8. The van der Waals surface area contributed by atoms with Gasteiger partial charge in [-0.25, -0.2) is 9.18 Å². The van der Waals surface area contributed by atoms with E-state index in [0.717, 1.165) is 0 Å². The molecule has 0 aliphatic carbocycles. The molecule has 0 saturated carbocycles. The van der Waals surface area contributed by atoms with Gasteiger partial charge < -0.3 is 19.5 Å². The quantitative estimate of drug-likeness (QED) is 0.556. The van der Waals surface area contributed by atoms with Crippen molar-refractivity contribution in [3.8, 4) is 5.75 Å². The zero-order valence-corrected chi connectivity index (χ0v) is 19.0. The molecule has 3 aromatic rings. The molecule has 8 heteroatoms. The van der Waals surface area contributed by atoms with E-state index in [-0.39, 0.29) is 23.4 Å². The number of pyridine rings is 1. The minimum Gasteiger partial charge on any atom is -0.496 e. The number of rotatable bonds is 6. The molecule has 1 aromatic heterocycles. The van der Waals surface area contributed by atoms with E-state index < -0.39 is 34.2 Å². The van der Waals surface area contributed by atoms with Gasteiger partial charge in [0.1, 0.15) is 17.1 Å². The Morgan fingerprint density at radius 1 is 1.25 bits per heavy atom. The van der Waals surface area contributed by atoms with Crippen LogP contribution in [0.2, 0.25) is 5.02 Å². The second-order valence-electron chi connectivity index (χ2n) is 8.72. The third kappa shape index (κ3) is 4.36. The van der Waals surface area contributed by atoms with Crippen LogP contribution in [0.1, 0.15) is 48.3 Å². The molecular weight excluding hydrogens is 437 g/mol. The third-order valence-electron chi connectivity index (χ3n) is 5.59. The van der Waals surface area contributed by atoms with Crippen molar-refractivity contribution in [1.29, 1.82) is 0 Å². The lowest BCUT2D eigenvalue weighted by Gasteiger charge is -2.33. The number of halogens is 2. The van der Waals surface area contributed by atoms with Crippen molar-refractivity contribution in [2.75, 3.05) is 13.7 Å². The van der Waals surface area contributed by atoms with E-state index in [1.807, 2.05) is 20.8 Å². The van der Waals surface area contributed by atoms with Crippen molar-refractivity contribution in [2.24, 2.45) is 5.41 Å². The van der Waals surface area contributed by atoms with Crippen LogP contribution >= 0.6 is 11.6 Å². The van der Waals surface area contributed by atoms with Gasteiger partial charge in [-0.1, -0.05) is 44.5 Å². The molecule has 1 unspecified atom stereocenters. The predicted molar refractivity (Wildman–Crippen MR) is 122 cm³/mol. The molecule has 1 heterocycles. The van der Waals surface area contributed by atoms with Crippen molar-refractivity contribution in [1.82, 2.24) is 4.57 Å². The van der Waals surface area contributed by atoms with Crippen LogP contribution in [0.15, 0.2) is 41.3 Å². The number of nitrogens with zero attached hydrogens (tertiary/aromatic N) is 1. The zero-order valence-electron chi connectivity index (χ0n) is 18.3. The molecule has 1 atom stereocenters. The number of ether oxygens (including phenoxy) is 1. The van der Waals surface area contributed by atoms with Crippen LogP contribution in [0.25, 0.3) is 10.9 Å². The van der Waals surface area contributed by atoms with E-state index in [1.54, 1.807) is 22.8 Å². The second kappa shape index (κ2) is 8.92. The van der Waals surface area contributed by atoms with Gasteiger partial charge in [-0.3, -0.25) is 4.79 Å². The monoisotopic (exact) mass is 461 g/mol. The highest BCUT2D eigenvalue weighted by Gasteiger charge is 2.28. The summed E-state index contributed by atoms with van der Waals surface area (Å²) in [5.74, 6) is -1.53. The number of aliphatic hydroxyl groups is 1. The van der Waals surface area contributed by atoms with Crippen LogP contribution in [-0.4, -0.2) is 34.5 Å². The maximum absolute atomic E-state index is 14.5. The van der Waals surface area contributed by atoms with Crippen LogP contribution < -0.4 is 10.2 Å². The lowest BCUT2D eigenvalue weighted by molar-refractivity contribution is 0.0692. The van der Waals surface area contributed by atoms with Gasteiger partial charge in [-0.15, -0.1) is 0 Å². The predicted octanol–water partition coefficient (Wildman–Crippen LogP) is 4.67. The lowest BCUT2D eigenvalue weighted by atomic mass is 9.86. The minimum absolute atomic E-state index is 0.0197. The Balaban J connectivity index is 2.34. The number of fused-ring (bicyclic) bond motifs is 1. The first-order valence-corrected chi connectivity index (χ1v) is 10.4. The molecule has 0 amide bonds. The van der Waals surface area contributed by atoms with Gasteiger partial charge in [-0.2, -0.15) is 0 Å². The number of carboxylic acid groups (broad SMARTS) is 1. The van der Waals surface area contributed by atoms with Gasteiger partial charge >= 0.3 is 5.97 Å². The molecule has 32 heavy (non-hydrogen) atoms. The van der Waals surface area contributed by atoms with Gasteiger partial charge in [0.15, 0.2) is 0 Å². The van der Waals surface area contributed by atoms with Crippen LogP contribution in [0.4, 0.5) is 4.39 Å². The van der Waals surface area contributed by atoms with E-state index in [9.17, 15) is 24.2 Å². The number of aliphatic hydroxyl groups excluding tert-OH is 1. The smallest absolute Gasteiger partial charge is 0.341 e. The molecule has 3 rings (SSSR count). The molecule has 0 spiro atoms. The average molecular weight is 462 g/mol. The minimum atomic E-state index is -1.37. The lowest BCUT2D eigenvalue weighted by Crippen LogP contribution is -2.30. The van der Waals surface area contributed by atoms with E-state index >= 15 is 0 Å².